The van der Waals surface area contributed by atoms with Gasteiger partial charge in [-0.25, -0.2) is 0 Å². The average molecular weight is 403 g/mol. The highest BCUT2D eigenvalue weighted by atomic mass is 15.0. The number of aryl methyl sites for hydroxylation is 4. The SMILES string of the molecule is CCCC(c1ccc(C(CCC)[n+]2ccc(C)cc2C)cc1)[n+]1ccc(C)cc1C. The molecule has 0 fully saturated rings. The van der Waals surface area contributed by atoms with Crippen LogP contribution >= 0.6 is 0 Å². The molecule has 2 heterocycles. The monoisotopic (exact) mass is 402 g/mol. The van der Waals surface area contributed by atoms with Gasteiger partial charge >= 0.3 is 0 Å². The van der Waals surface area contributed by atoms with Gasteiger partial charge in [0.1, 0.15) is 0 Å². The number of benzene rings is 1. The zero-order valence-corrected chi connectivity index (χ0v) is 19.7. The van der Waals surface area contributed by atoms with Crippen LogP contribution in [0.4, 0.5) is 0 Å². The summed E-state index contributed by atoms with van der Waals surface area (Å²) < 4.78 is 4.88. The predicted octanol–water partition coefficient (Wildman–Crippen LogP) is 6.27. The lowest BCUT2D eigenvalue weighted by molar-refractivity contribution is -0.720. The van der Waals surface area contributed by atoms with E-state index in [2.05, 4.69) is 112 Å². The van der Waals surface area contributed by atoms with Gasteiger partial charge in [-0.2, -0.15) is 9.13 Å². The second-order valence-corrected chi connectivity index (χ2v) is 8.78. The number of hydrogen-bond donors (Lipinski definition) is 0. The summed E-state index contributed by atoms with van der Waals surface area (Å²) in [5, 5.41) is 0. The van der Waals surface area contributed by atoms with Gasteiger partial charge in [0, 0.05) is 62.1 Å². The molecule has 30 heavy (non-hydrogen) atoms. The highest BCUT2D eigenvalue weighted by Gasteiger charge is 2.25. The van der Waals surface area contributed by atoms with Gasteiger partial charge in [-0.3, -0.25) is 0 Å². The minimum absolute atomic E-state index is 0.392. The maximum absolute atomic E-state index is 2.44. The second kappa shape index (κ2) is 10.0. The Bertz CT molecular complexity index is 892. The van der Waals surface area contributed by atoms with Crippen LogP contribution in [0.15, 0.2) is 60.9 Å². The summed E-state index contributed by atoms with van der Waals surface area (Å²) in [6, 6.07) is 19.2. The number of hydrogen-bond acceptors (Lipinski definition) is 0. The normalized spacial score (nSPS) is 13.3. The molecule has 0 aliphatic heterocycles. The van der Waals surface area contributed by atoms with E-state index in [0.717, 1.165) is 12.8 Å². The molecule has 0 saturated heterocycles. The molecule has 3 rings (SSSR count). The lowest BCUT2D eigenvalue weighted by Gasteiger charge is -2.17. The van der Waals surface area contributed by atoms with Crippen molar-refractivity contribution in [3.8, 4) is 0 Å². The quantitative estimate of drug-likeness (QED) is 0.392. The minimum Gasteiger partial charge on any atom is -0.196 e. The molecule has 1 aromatic carbocycles. The molecule has 2 aromatic heterocycles. The van der Waals surface area contributed by atoms with E-state index in [-0.39, 0.29) is 0 Å². The van der Waals surface area contributed by atoms with E-state index in [9.17, 15) is 0 Å². The van der Waals surface area contributed by atoms with Crippen LogP contribution in [-0.4, -0.2) is 0 Å². The van der Waals surface area contributed by atoms with Crippen molar-refractivity contribution in [3.63, 3.8) is 0 Å². The molecule has 0 N–H and O–H groups in total. The van der Waals surface area contributed by atoms with Gasteiger partial charge in [0.15, 0.2) is 35.9 Å². The summed E-state index contributed by atoms with van der Waals surface area (Å²) in [6.45, 7) is 13.3. The van der Waals surface area contributed by atoms with Crippen LogP contribution in [-0.2, 0) is 0 Å². The van der Waals surface area contributed by atoms with Crippen LogP contribution in [0.5, 0.6) is 0 Å². The van der Waals surface area contributed by atoms with Crippen molar-refractivity contribution in [2.45, 2.75) is 79.3 Å². The van der Waals surface area contributed by atoms with Gasteiger partial charge in [-0.1, -0.05) is 38.1 Å². The average Bonchev–Trinajstić information content (AvgIpc) is 2.72. The van der Waals surface area contributed by atoms with E-state index in [1.165, 1.54) is 46.5 Å². The van der Waals surface area contributed by atoms with Crippen molar-refractivity contribution in [1.82, 2.24) is 0 Å². The van der Waals surface area contributed by atoms with Gasteiger partial charge in [-0.15, -0.1) is 0 Å². The van der Waals surface area contributed by atoms with E-state index < -0.39 is 0 Å². The van der Waals surface area contributed by atoms with Crippen LogP contribution in [0.3, 0.4) is 0 Å². The third kappa shape index (κ3) is 4.98. The van der Waals surface area contributed by atoms with Gasteiger partial charge in [0.25, 0.3) is 0 Å². The zero-order chi connectivity index (χ0) is 21.7. The molecule has 0 bridgehead atoms. The molecule has 0 amide bonds. The van der Waals surface area contributed by atoms with Crippen LogP contribution < -0.4 is 9.13 Å². The van der Waals surface area contributed by atoms with E-state index in [4.69, 9.17) is 0 Å². The summed E-state index contributed by atoms with van der Waals surface area (Å²) in [6.07, 6.45) is 9.15. The van der Waals surface area contributed by atoms with Crippen LogP contribution in [0.1, 0.15) is 85.3 Å². The van der Waals surface area contributed by atoms with E-state index in [1.807, 2.05) is 0 Å². The lowest BCUT2D eigenvalue weighted by atomic mass is 9.95. The fourth-order valence-electron chi connectivity index (χ4n) is 4.65. The number of nitrogens with zero attached hydrogens (tertiary/aromatic N) is 2. The summed E-state index contributed by atoms with van der Waals surface area (Å²) in [4.78, 5) is 0. The van der Waals surface area contributed by atoms with Crippen molar-refractivity contribution in [2.75, 3.05) is 0 Å². The topological polar surface area (TPSA) is 7.76 Å². The Kier molecular flexibility index (Phi) is 7.42. The van der Waals surface area contributed by atoms with Crippen molar-refractivity contribution in [3.05, 3.63) is 94.6 Å². The molecule has 3 aromatic rings. The van der Waals surface area contributed by atoms with Crippen molar-refractivity contribution in [1.29, 1.82) is 0 Å². The number of rotatable bonds is 8. The Labute approximate surface area is 183 Å². The molecule has 158 valence electrons. The Hall–Kier alpha value is -2.48. The molecule has 2 heteroatoms. The largest absolute Gasteiger partial charge is 0.196 e. The predicted molar refractivity (Wildman–Crippen MR) is 125 cm³/mol. The number of pyridine rings is 2. The van der Waals surface area contributed by atoms with Crippen LogP contribution in [0, 0.1) is 27.7 Å². The highest BCUT2D eigenvalue weighted by Crippen LogP contribution is 2.24. The molecule has 2 nitrogen and oxygen atoms in total. The van der Waals surface area contributed by atoms with E-state index in [0.29, 0.717) is 12.1 Å². The van der Waals surface area contributed by atoms with Gasteiger partial charge < -0.3 is 0 Å². The summed E-state index contributed by atoms with van der Waals surface area (Å²) in [5.41, 5.74) is 8.10. The Balaban J connectivity index is 1.95. The molecular formula is C28H38N2+2. The maximum atomic E-state index is 2.44. The smallest absolute Gasteiger partial charge is 0.183 e. The standard InChI is InChI=1S/C28H38N2/c1-7-9-27(29-17-15-21(3)19-23(29)5)25-11-13-26(14-12-25)28(10-8-2)30-18-16-22(4)20-24(30)6/h11-20,27-28H,7-10H2,1-6H3/q+2. The van der Waals surface area contributed by atoms with Gasteiger partial charge in [-0.05, 0) is 37.8 Å². The zero-order valence-electron chi connectivity index (χ0n) is 19.7. The first-order valence-electron chi connectivity index (χ1n) is 11.5. The molecule has 2 atom stereocenters. The third-order valence-electron chi connectivity index (χ3n) is 6.19. The first-order valence-corrected chi connectivity index (χ1v) is 11.5. The third-order valence-corrected chi connectivity index (χ3v) is 6.19. The first kappa shape index (κ1) is 22.2. The van der Waals surface area contributed by atoms with Crippen LogP contribution in [0.2, 0.25) is 0 Å². The maximum Gasteiger partial charge on any atom is 0.183 e. The van der Waals surface area contributed by atoms with Crippen LogP contribution in [0.25, 0.3) is 0 Å². The number of aromatic nitrogens is 2. The van der Waals surface area contributed by atoms with Crippen molar-refractivity contribution >= 4 is 0 Å². The molecular weight excluding hydrogens is 364 g/mol. The first-order chi connectivity index (χ1) is 14.4. The molecule has 0 spiro atoms. The van der Waals surface area contributed by atoms with E-state index in [1.54, 1.807) is 0 Å². The minimum atomic E-state index is 0.392. The Morgan fingerprint density at radius 1 is 0.600 bits per heavy atom. The van der Waals surface area contributed by atoms with Gasteiger partial charge in [0.05, 0.1) is 0 Å². The summed E-state index contributed by atoms with van der Waals surface area (Å²) >= 11 is 0. The Morgan fingerprint density at radius 3 is 1.27 bits per heavy atom. The molecule has 0 saturated carbocycles. The molecule has 0 radical (unpaired) electrons. The van der Waals surface area contributed by atoms with E-state index >= 15 is 0 Å². The lowest BCUT2D eigenvalue weighted by Crippen LogP contribution is -2.43. The fraction of sp³-hybridized carbons (Fsp3) is 0.429. The fourth-order valence-corrected chi connectivity index (χ4v) is 4.65. The molecule has 0 aliphatic rings. The molecule has 2 unspecified atom stereocenters. The van der Waals surface area contributed by atoms with Gasteiger partial charge in [0.2, 0.25) is 0 Å². The summed E-state index contributed by atoms with van der Waals surface area (Å²) in [5.74, 6) is 0. The highest BCUT2D eigenvalue weighted by molar-refractivity contribution is 5.26. The summed E-state index contributed by atoms with van der Waals surface area (Å²) in [7, 11) is 0. The molecule has 0 aliphatic carbocycles. The second-order valence-electron chi connectivity index (χ2n) is 8.78. The van der Waals surface area contributed by atoms with Crippen molar-refractivity contribution < 1.29 is 9.13 Å². The Morgan fingerprint density at radius 2 is 0.967 bits per heavy atom. The van der Waals surface area contributed by atoms with Crippen molar-refractivity contribution in [2.24, 2.45) is 0 Å².